The summed E-state index contributed by atoms with van der Waals surface area (Å²) in [6.07, 6.45) is 0. The Morgan fingerprint density at radius 3 is 2.40 bits per heavy atom. The minimum atomic E-state index is 1.23. The second-order valence-electron chi connectivity index (χ2n) is 1.67. The van der Waals surface area contributed by atoms with Crippen LogP contribution in [-0.4, -0.2) is 0 Å². The Morgan fingerprint density at radius 2 is 1.90 bits per heavy atom. The Balaban J connectivity index is 2.69. The number of benzene rings is 1. The summed E-state index contributed by atoms with van der Waals surface area (Å²) in [5.41, 5.74) is 0. The van der Waals surface area contributed by atoms with Crippen molar-refractivity contribution in [3.05, 3.63) is 27.8 Å². The maximum absolute atomic E-state index is 2.93. The van der Waals surface area contributed by atoms with Crippen molar-refractivity contribution < 1.29 is 0 Å². The summed E-state index contributed by atoms with van der Waals surface area (Å²) in [6.45, 7) is 0. The molecule has 1 unspecified atom stereocenters. The Hall–Kier alpha value is 0.690. The van der Waals surface area contributed by atoms with E-state index in [1.807, 2.05) is 0 Å². The lowest BCUT2D eigenvalue weighted by Crippen LogP contribution is -1.80. The minimum Gasteiger partial charge on any atom is -0.244 e. The molecule has 1 rings (SSSR count). The molecule has 0 aliphatic rings. The molecule has 0 aliphatic heterocycles. The van der Waals surface area contributed by atoms with Crippen molar-refractivity contribution in [2.45, 2.75) is 4.90 Å². The predicted octanol–water partition coefficient (Wildman–Crippen LogP) is 2.68. The average molecular weight is 283 g/mol. The first-order valence-electron chi connectivity index (χ1n) is 2.71. The van der Waals surface area contributed by atoms with Gasteiger partial charge in [-0.2, -0.15) is 0 Å². The zero-order chi connectivity index (χ0) is 7.40. The Labute approximate surface area is 80.9 Å². The van der Waals surface area contributed by atoms with E-state index >= 15 is 0 Å². The van der Waals surface area contributed by atoms with E-state index in [-0.39, 0.29) is 0 Å². The standard InChI is InChI=1S/C6H7INPS/c7-5-1-3-6(4-2-5)10-8-9/h1-4,8H,9H2. The average Bonchev–Trinajstić information content (AvgIpc) is 1.95. The van der Waals surface area contributed by atoms with E-state index in [1.54, 1.807) is 11.9 Å². The van der Waals surface area contributed by atoms with Gasteiger partial charge in [0.1, 0.15) is 0 Å². The normalized spacial score (nSPS) is 9.80. The first-order chi connectivity index (χ1) is 4.83. The maximum Gasteiger partial charge on any atom is 0.0231 e. The lowest BCUT2D eigenvalue weighted by Gasteiger charge is -1.96. The Kier molecular flexibility index (Phi) is 3.99. The highest BCUT2D eigenvalue weighted by Crippen LogP contribution is 2.16. The van der Waals surface area contributed by atoms with Crippen LogP contribution < -0.4 is 4.49 Å². The zero-order valence-corrected chi connectivity index (χ0v) is 9.30. The fraction of sp³-hybridized carbons (Fsp3) is 0. The topological polar surface area (TPSA) is 12.0 Å². The van der Waals surface area contributed by atoms with Gasteiger partial charge >= 0.3 is 0 Å². The molecule has 0 aliphatic carbocycles. The molecule has 54 valence electrons. The van der Waals surface area contributed by atoms with Crippen LogP contribution in [0, 0.1) is 3.57 Å². The van der Waals surface area contributed by atoms with E-state index in [1.165, 1.54) is 8.47 Å². The van der Waals surface area contributed by atoms with Crippen LogP contribution in [0.15, 0.2) is 29.2 Å². The highest BCUT2D eigenvalue weighted by atomic mass is 127. The lowest BCUT2D eigenvalue weighted by atomic mass is 10.4. The van der Waals surface area contributed by atoms with E-state index in [2.05, 4.69) is 60.7 Å². The Bertz CT molecular complexity index is 201. The second-order valence-corrected chi connectivity index (χ2v) is 4.54. The van der Waals surface area contributed by atoms with Crippen molar-refractivity contribution in [3.63, 3.8) is 0 Å². The molecule has 0 saturated carbocycles. The molecule has 0 bridgehead atoms. The molecule has 1 aromatic rings. The highest BCUT2D eigenvalue weighted by molar-refractivity contribution is 14.1. The van der Waals surface area contributed by atoms with Gasteiger partial charge in [-0.3, -0.25) is 0 Å². The number of hydrogen-bond donors (Lipinski definition) is 1. The third-order valence-electron chi connectivity index (χ3n) is 0.990. The zero-order valence-electron chi connectivity index (χ0n) is 5.17. The maximum atomic E-state index is 2.93. The van der Waals surface area contributed by atoms with Crippen LogP contribution in [0.3, 0.4) is 0 Å². The molecule has 0 spiro atoms. The van der Waals surface area contributed by atoms with Crippen molar-refractivity contribution >= 4 is 43.9 Å². The van der Waals surface area contributed by atoms with Gasteiger partial charge in [0, 0.05) is 8.47 Å². The molecule has 4 heteroatoms. The van der Waals surface area contributed by atoms with Crippen LogP contribution in [-0.2, 0) is 0 Å². The van der Waals surface area contributed by atoms with E-state index < -0.39 is 0 Å². The molecule has 10 heavy (non-hydrogen) atoms. The molecular formula is C6H7INPS. The fourth-order valence-electron chi connectivity index (χ4n) is 0.571. The summed E-state index contributed by atoms with van der Waals surface area (Å²) in [6, 6.07) is 8.35. The lowest BCUT2D eigenvalue weighted by molar-refractivity contribution is 1.43. The molecular weight excluding hydrogens is 276 g/mol. The van der Waals surface area contributed by atoms with E-state index in [9.17, 15) is 0 Å². The van der Waals surface area contributed by atoms with Gasteiger partial charge in [0.25, 0.3) is 0 Å². The van der Waals surface area contributed by atoms with Crippen LogP contribution in [0.25, 0.3) is 0 Å². The van der Waals surface area contributed by atoms with Gasteiger partial charge in [0.15, 0.2) is 0 Å². The molecule has 0 amide bonds. The molecule has 1 atom stereocenters. The molecule has 0 fully saturated rings. The van der Waals surface area contributed by atoms with Gasteiger partial charge in [-0.15, -0.1) is 0 Å². The second kappa shape index (κ2) is 4.54. The van der Waals surface area contributed by atoms with Gasteiger partial charge in [-0.25, -0.2) is 4.49 Å². The molecule has 0 heterocycles. The third-order valence-corrected chi connectivity index (χ3v) is 2.69. The van der Waals surface area contributed by atoms with Crippen LogP contribution in [0.5, 0.6) is 0 Å². The predicted molar refractivity (Wildman–Crippen MR) is 57.9 cm³/mol. The van der Waals surface area contributed by atoms with Crippen molar-refractivity contribution in [2.75, 3.05) is 0 Å². The smallest absolute Gasteiger partial charge is 0.0231 e. The quantitative estimate of drug-likeness (QED) is 0.509. The molecule has 1 nitrogen and oxygen atoms in total. The summed E-state index contributed by atoms with van der Waals surface area (Å²) < 4.78 is 4.20. The van der Waals surface area contributed by atoms with Gasteiger partial charge in [-0.05, 0) is 58.8 Å². The summed E-state index contributed by atoms with van der Waals surface area (Å²) in [4.78, 5) is 1.23. The summed E-state index contributed by atoms with van der Waals surface area (Å²) in [7, 11) is 2.45. The molecule has 1 N–H and O–H groups in total. The van der Waals surface area contributed by atoms with E-state index in [0.29, 0.717) is 0 Å². The van der Waals surface area contributed by atoms with Crippen molar-refractivity contribution in [2.24, 2.45) is 0 Å². The SMILES string of the molecule is PNSc1ccc(I)cc1. The van der Waals surface area contributed by atoms with Crippen molar-refractivity contribution in [1.82, 2.24) is 4.49 Å². The monoisotopic (exact) mass is 283 g/mol. The molecule has 0 radical (unpaired) electrons. The van der Waals surface area contributed by atoms with Gasteiger partial charge < -0.3 is 0 Å². The van der Waals surface area contributed by atoms with Crippen LogP contribution in [0.2, 0.25) is 0 Å². The van der Waals surface area contributed by atoms with Gasteiger partial charge in [0.05, 0.1) is 0 Å². The fourth-order valence-corrected chi connectivity index (χ4v) is 1.75. The van der Waals surface area contributed by atoms with Crippen LogP contribution in [0.1, 0.15) is 0 Å². The third kappa shape index (κ3) is 2.74. The first-order valence-corrected chi connectivity index (χ1v) is 5.18. The van der Waals surface area contributed by atoms with E-state index in [0.717, 1.165) is 0 Å². The summed E-state index contributed by atoms with van der Waals surface area (Å²) in [5.74, 6) is 0. The molecule has 0 saturated heterocycles. The highest BCUT2D eigenvalue weighted by Gasteiger charge is 1.89. The summed E-state index contributed by atoms with van der Waals surface area (Å²) in [5, 5.41) is 0. The van der Waals surface area contributed by atoms with Gasteiger partial charge in [-0.1, -0.05) is 9.39 Å². The summed E-state index contributed by atoms with van der Waals surface area (Å²) >= 11 is 3.88. The van der Waals surface area contributed by atoms with E-state index in [4.69, 9.17) is 0 Å². The number of nitrogens with one attached hydrogen (secondary N) is 1. The van der Waals surface area contributed by atoms with Crippen LogP contribution in [0.4, 0.5) is 0 Å². The Morgan fingerprint density at radius 1 is 1.30 bits per heavy atom. The molecule has 1 aromatic carbocycles. The first kappa shape index (κ1) is 8.78. The minimum absolute atomic E-state index is 1.23. The molecule has 0 aromatic heterocycles. The largest absolute Gasteiger partial charge is 0.244 e. The number of halogens is 1. The van der Waals surface area contributed by atoms with Crippen LogP contribution >= 0.6 is 43.9 Å². The number of hydrogen-bond acceptors (Lipinski definition) is 2. The van der Waals surface area contributed by atoms with Crippen molar-refractivity contribution in [1.29, 1.82) is 0 Å². The van der Waals surface area contributed by atoms with Gasteiger partial charge in [0.2, 0.25) is 0 Å². The van der Waals surface area contributed by atoms with Crippen molar-refractivity contribution in [3.8, 4) is 0 Å². The number of rotatable bonds is 2.